The average molecular weight is 509 g/mol. The Kier molecular flexibility index (Phi) is 9.41. The van der Waals surface area contributed by atoms with Crippen LogP contribution in [0.3, 0.4) is 0 Å². The summed E-state index contributed by atoms with van der Waals surface area (Å²) in [4.78, 5) is 36.0. The molecule has 0 aliphatic rings. The highest BCUT2D eigenvalue weighted by molar-refractivity contribution is 6.35. The number of nitrogens with zero attached hydrogens (tertiary/aromatic N) is 1. The van der Waals surface area contributed by atoms with Crippen LogP contribution in [0.1, 0.15) is 16.7 Å². The minimum atomic E-state index is -0.888. The quantitative estimate of drug-likeness (QED) is 0.232. The van der Waals surface area contributed by atoms with Crippen LogP contribution in [0.5, 0.6) is 11.5 Å². The third-order valence-electron chi connectivity index (χ3n) is 4.92. The zero-order chi connectivity index (χ0) is 25.9. The van der Waals surface area contributed by atoms with Crippen molar-refractivity contribution in [3.8, 4) is 11.5 Å². The molecule has 0 saturated carbocycles. The van der Waals surface area contributed by atoms with Crippen molar-refractivity contribution in [1.82, 2.24) is 10.7 Å². The van der Waals surface area contributed by atoms with Gasteiger partial charge in [-0.05, 0) is 72.1 Å². The van der Waals surface area contributed by atoms with Crippen molar-refractivity contribution in [3.05, 3.63) is 88.4 Å². The van der Waals surface area contributed by atoms with Gasteiger partial charge >= 0.3 is 11.8 Å². The second-order valence-corrected chi connectivity index (χ2v) is 8.03. The maximum atomic E-state index is 12.2. The molecule has 0 aliphatic carbocycles. The zero-order valence-electron chi connectivity index (χ0n) is 19.7. The van der Waals surface area contributed by atoms with E-state index in [0.717, 1.165) is 11.1 Å². The number of rotatable bonds is 9. The molecule has 3 N–H and O–H groups in total. The van der Waals surface area contributed by atoms with Gasteiger partial charge in [-0.1, -0.05) is 29.8 Å². The molecule has 3 rings (SSSR count). The van der Waals surface area contributed by atoms with Crippen LogP contribution in [0.2, 0.25) is 5.02 Å². The summed E-state index contributed by atoms with van der Waals surface area (Å²) >= 11 is 5.96. The highest BCUT2D eigenvalue weighted by atomic mass is 35.5. The zero-order valence-corrected chi connectivity index (χ0v) is 20.5. The first-order valence-electron chi connectivity index (χ1n) is 10.9. The van der Waals surface area contributed by atoms with E-state index in [4.69, 9.17) is 21.1 Å². The van der Waals surface area contributed by atoms with Crippen molar-refractivity contribution < 1.29 is 23.9 Å². The summed E-state index contributed by atoms with van der Waals surface area (Å²) in [5.41, 5.74) is 5.16. The van der Waals surface area contributed by atoms with Crippen LogP contribution in [-0.2, 0) is 20.9 Å². The highest BCUT2D eigenvalue weighted by Gasteiger charge is 2.12. The number of aryl methyl sites for hydroxylation is 1. The Morgan fingerprint density at radius 2 is 1.64 bits per heavy atom. The standard InChI is InChI=1S/C26H25ClN4O5/c1-17-3-8-20(27)13-23(17)30-24(32)16-36-22-11-6-19(7-12-22)15-29-31-26(34)25(33)28-14-18-4-9-21(35-2)10-5-18/h3-13,15H,14,16H2,1-2H3,(H,28,33)(H,30,32)(H,31,34)/b29-15-. The Balaban J connectivity index is 1.40. The van der Waals surface area contributed by atoms with E-state index in [9.17, 15) is 14.4 Å². The van der Waals surface area contributed by atoms with Gasteiger partial charge in [0.15, 0.2) is 6.61 Å². The molecule has 36 heavy (non-hydrogen) atoms. The second kappa shape index (κ2) is 12.9. The molecule has 0 aromatic heterocycles. The van der Waals surface area contributed by atoms with Crippen molar-refractivity contribution in [3.63, 3.8) is 0 Å². The van der Waals surface area contributed by atoms with Gasteiger partial charge in [0, 0.05) is 17.3 Å². The van der Waals surface area contributed by atoms with E-state index in [1.165, 1.54) is 6.21 Å². The number of benzene rings is 3. The predicted octanol–water partition coefficient (Wildman–Crippen LogP) is 3.44. The first kappa shape index (κ1) is 26.2. The van der Waals surface area contributed by atoms with Gasteiger partial charge in [0.25, 0.3) is 5.91 Å². The number of carbonyl (C=O) groups is 3. The van der Waals surface area contributed by atoms with E-state index < -0.39 is 11.8 Å². The van der Waals surface area contributed by atoms with Crippen LogP contribution in [0.4, 0.5) is 5.69 Å². The fraction of sp³-hybridized carbons (Fsp3) is 0.154. The van der Waals surface area contributed by atoms with Gasteiger partial charge in [0.1, 0.15) is 11.5 Å². The number of hydrazone groups is 1. The van der Waals surface area contributed by atoms with Crippen molar-refractivity contribution in [2.75, 3.05) is 19.0 Å². The normalized spacial score (nSPS) is 10.5. The molecule has 0 saturated heterocycles. The topological polar surface area (TPSA) is 118 Å². The van der Waals surface area contributed by atoms with Crippen molar-refractivity contribution in [1.29, 1.82) is 0 Å². The summed E-state index contributed by atoms with van der Waals surface area (Å²) in [5.74, 6) is -0.837. The number of amides is 3. The Labute approximate surface area is 213 Å². The molecular weight excluding hydrogens is 484 g/mol. The first-order chi connectivity index (χ1) is 17.3. The van der Waals surface area contributed by atoms with Crippen LogP contribution in [0.15, 0.2) is 71.8 Å². The van der Waals surface area contributed by atoms with Crippen LogP contribution >= 0.6 is 11.6 Å². The molecule has 186 valence electrons. The lowest BCUT2D eigenvalue weighted by Crippen LogP contribution is -2.37. The summed E-state index contributed by atoms with van der Waals surface area (Å²) in [6.45, 7) is 1.88. The third-order valence-corrected chi connectivity index (χ3v) is 5.16. The molecule has 0 fully saturated rings. The Morgan fingerprint density at radius 3 is 2.33 bits per heavy atom. The Hall–Kier alpha value is -4.37. The van der Waals surface area contributed by atoms with Crippen molar-refractivity contribution >= 4 is 41.2 Å². The number of hydrogen-bond donors (Lipinski definition) is 3. The molecule has 3 amide bonds. The number of nitrogens with one attached hydrogen (secondary N) is 3. The molecule has 0 atom stereocenters. The summed E-state index contributed by atoms with van der Waals surface area (Å²) in [5, 5.41) is 9.59. The first-order valence-corrected chi connectivity index (χ1v) is 11.2. The Morgan fingerprint density at radius 1 is 0.944 bits per heavy atom. The van der Waals surface area contributed by atoms with Crippen molar-refractivity contribution in [2.24, 2.45) is 5.10 Å². The molecule has 9 nitrogen and oxygen atoms in total. The van der Waals surface area contributed by atoms with E-state index in [0.29, 0.717) is 27.8 Å². The van der Waals surface area contributed by atoms with Crippen LogP contribution in [0, 0.1) is 6.92 Å². The van der Waals surface area contributed by atoms with Crippen LogP contribution in [0.25, 0.3) is 0 Å². The number of halogens is 1. The molecule has 0 aliphatic heterocycles. The molecule has 0 bridgehead atoms. The minimum absolute atomic E-state index is 0.179. The minimum Gasteiger partial charge on any atom is -0.497 e. The number of anilines is 1. The lowest BCUT2D eigenvalue weighted by molar-refractivity contribution is -0.139. The van der Waals surface area contributed by atoms with E-state index in [2.05, 4.69) is 21.2 Å². The van der Waals surface area contributed by atoms with Crippen LogP contribution < -0.4 is 25.5 Å². The maximum absolute atomic E-state index is 12.2. The molecule has 3 aromatic carbocycles. The molecule has 3 aromatic rings. The number of hydrogen-bond acceptors (Lipinski definition) is 6. The smallest absolute Gasteiger partial charge is 0.329 e. The lowest BCUT2D eigenvalue weighted by atomic mass is 10.2. The third kappa shape index (κ3) is 8.14. The summed E-state index contributed by atoms with van der Waals surface area (Å²) in [6, 6.07) is 19.0. The highest BCUT2D eigenvalue weighted by Crippen LogP contribution is 2.20. The van der Waals surface area contributed by atoms with Gasteiger partial charge in [-0.3, -0.25) is 14.4 Å². The fourth-order valence-corrected chi connectivity index (χ4v) is 3.11. The van der Waals surface area contributed by atoms with Gasteiger partial charge < -0.3 is 20.1 Å². The van der Waals surface area contributed by atoms with Crippen LogP contribution in [-0.4, -0.2) is 37.7 Å². The predicted molar refractivity (Wildman–Crippen MR) is 137 cm³/mol. The average Bonchev–Trinajstić information content (AvgIpc) is 2.89. The number of carbonyl (C=O) groups excluding carboxylic acids is 3. The molecule has 10 heteroatoms. The van der Waals surface area contributed by atoms with Gasteiger partial charge in [0.2, 0.25) is 0 Å². The largest absolute Gasteiger partial charge is 0.497 e. The molecule has 0 spiro atoms. The monoisotopic (exact) mass is 508 g/mol. The van der Waals surface area contributed by atoms with Gasteiger partial charge in [-0.25, -0.2) is 5.43 Å². The van der Waals surface area contributed by atoms with Gasteiger partial charge in [-0.2, -0.15) is 5.10 Å². The van der Waals surface area contributed by atoms with E-state index in [1.54, 1.807) is 67.8 Å². The SMILES string of the molecule is COc1ccc(CNC(=O)C(=O)N/N=C\c2ccc(OCC(=O)Nc3cc(Cl)ccc3C)cc2)cc1. The van der Waals surface area contributed by atoms with E-state index in [-0.39, 0.29) is 19.1 Å². The fourth-order valence-electron chi connectivity index (χ4n) is 2.94. The summed E-state index contributed by atoms with van der Waals surface area (Å²) in [7, 11) is 1.57. The van der Waals surface area contributed by atoms with Gasteiger partial charge in [0.05, 0.1) is 13.3 Å². The molecule has 0 unspecified atom stereocenters. The summed E-state index contributed by atoms with van der Waals surface area (Å²) in [6.07, 6.45) is 1.38. The number of methoxy groups -OCH3 is 1. The second-order valence-electron chi connectivity index (χ2n) is 7.60. The van der Waals surface area contributed by atoms with E-state index in [1.807, 2.05) is 13.0 Å². The van der Waals surface area contributed by atoms with Gasteiger partial charge in [-0.15, -0.1) is 0 Å². The van der Waals surface area contributed by atoms with Crippen molar-refractivity contribution in [2.45, 2.75) is 13.5 Å². The van der Waals surface area contributed by atoms with E-state index >= 15 is 0 Å². The molecule has 0 heterocycles. The Bertz CT molecular complexity index is 1240. The maximum Gasteiger partial charge on any atom is 0.329 e. The lowest BCUT2D eigenvalue weighted by Gasteiger charge is -2.10. The molecule has 0 radical (unpaired) electrons. The number of ether oxygens (including phenoxy) is 2. The molecular formula is C26H25ClN4O5. The summed E-state index contributed by atoms with van der Waals surface area (Å²) < 4.78 is 10.6.